The number of hydrogen-bond acceptors (Lipinski definition) is 6. The van der Waals surface area contributed by atoms with Crippen LogP contribution in [0.5, 0.6) is 0 Å². The molecule has 27 heavy (non-hydrogen) atoms. The molecule has 0 spiro atoms. The zero-order valence-electron chi connectivity index (χ0n) is 15.1. The van der Waals surface area contributed by atoms with E-state index in [-0.39, 0.29) is 18.1 Å². The van der Waals surface area contributed by atoms with Crippen molar-refractivity contribution in [3.8, 4) is 0 Å². The minimum atomic E-state index is -0.241. The molecule has 1 amide bonds. The zero-order valence-corrected chi connectivity index (χ0v) is 15.1. The van der Waals surface area contributed by atoms with Crippen LogP contribution in [-0.2, 0) is 7.05 Å². The maximum absolute atomic E-state index is 12.8. The predicted molar refractivity (Wildman–Crippen MR) is 103 cm³/mol. The highest BCUT2D eigenvalue weighted by Gasteiger charge is 2.20. The number of nitrogens with one attached hydrogen (secondary N) is 2. The first kappa shape index (κ1) is 17.4. The number of rotatable bonds is 4. The Bertz CT molecular complexity index is 962. The van der Waals surface area contributed by atoms with Crippen molar-refractivity contribution in [2.45, 2.75) is 37.8 Å². The number of amides is 1. The van der Waals surface area contributed by atoms with Crippen LogP contribution in [0.3, 0.4) is 0 Å². The van der Waals surface area contributed by atoms with Gasteiger partial charge in [-0.15, -0.1) is 0 Å². The monoisotopic (exact) mass is 366 g/mol. The van der Waals surface area contributed by atoms with Crippen molar-refractivity contribution in [2.75, 3.05) is 10.6 Å². The fourth-order valence-electron chi connectivity index (χ4n) is 3.39. The van der Waals surface area contributed by atoms with Crippen LogP contribution in [0, 0.1) is 0 Å². The summed E-state index contributed by atoms with van der Waals surface area (Å²) < 4.78 is 1.60. The number of benzene rings is 1. The van der Waals surface area contributed by atoms with Gasteiger partial charge in [0.05, 0.1) is 23.4 Å². The van der Waals surface area contributed by atoms with Gasteiger partial charge in [0.25, 0.3) is 5.91 Å². The second kappa shape index (κ2) is 7.32. The Morgan fingerprint density at radius 1 is 1.22 bits per heavy atom. The highest BCUT2D eigenvalue weighted by molar-refractivity contribution is 6.11. The number of fused-ring (bicyclic) bond motifs is 1. The molecule has 0 saturated heterocycles. The van der Waals surface area contributed by atoms with Crippen LogP contribution in [-0.4, -0.2) is 42.9 Å². The standard InChI is InChI=1S/C19H22N6O2/c1-25-16(9-10-21-25)23-18(27)15-4-2-3-12-11-20-19(24-17(12)15)22-13-5-7-14(26)8-6-13/h2-4,9-11,13-14,26H,5-8H2,1H3,(H,23,27)(H,20,22,24)/t13-,14-. The lowest BCUT2D eigenvalue weighted by Gasteiger charge is -2.26. The van der Waals surface area contributed by atoms with Crippen LogP contribution in [0.4, 0.5) is 11.8 Å². The van der Waals surface area contributed by atoms with E-state index in [2.05, 4.69) is 25.7 Å². The first-order valence-electron chi connectivity index (χ1n) is 9.10. The van der Waals surface area contributed by atoms with Crippen LogP contribution >= 0.6 is 0 Å². The first-order chi connectivity index (χ1) is 13.1. The van der Waals surface area contributed by atoms with Gasteiger partial charge in [-0.3, -0.25) is 9.48 Å². The molecule has 2 aromatic heterocycles. The van der Waals surface area contributed by atoms with Crippen LogP contribution in [0.1, 0.15) is 36.0 Å². The van der Waals surface area contributed by atoms with Crippen molar-refractivity contribution in [3.63, 3.8) is 0 Å². The summed E-state index contributed by atoms with van der Waals surface area (Å²) in [5.74, 6) is 0.879. The lowest BCUT2D eigenvalue weighted by Crippen LogP contribution is -2.29. The summed E-state index contributed by atoms with van der Waals surface area (Å²) in [5, 5.41) is 20.7. The third kappa shape index (κ3) is 3.75. The normalized spacial score (nSPS) is 19.8. The molecule has 1 aliphatic carbocycles. The highest BCUT2D eigenvalue weighted by Crippen LogP contribution is 2.23. The van der Waals surface area contributed by atoms with E-state index in [9.17, 15) is 9.90 Å². The molecule has 140 valence electrons. The number of carbonyl (C=O) groups excluding carboxylic acids is 1. The lowest BCUT2D eigenvalue weighted by molar-refractivity contribution is 0.102. The summed E-state index contributed by atoms with van der Waals surface area (Å²) in [6, 6.07) is 7.43. The van der Waals surface area contributed by atoms with Gasteiger partial charge >= 0.3 is 0 Å². The maximum Gasteiger partial charge on any atom is 0.259 e. The largest absolute Gasteiger partial charge is 0.393 e. The molecular weight excluding hydrogens is 344 g/mol. The van der Waals surface area contributed by atoms with Crippen molar-refractivity contribution in [1.29, 1.82) is 0 Å². The van der Waals surface area contributed by atoms with E-state index in [1.54, 1.807) is 36.3 Å². The predicted octanol–water partition coefficient (Wildman–Crippen LogP) is 2.33. The van der Waals surface area contributed by atoms with Gasteiger partial charge in [0.1, 0.15) is 5.82 Å². The van der Waals surface area contributed by atoms with Gasteiger partial charge < -0.3 is 15.7 Å². The summed E-state index contributed by atoms with van der Waals surface area (Å²) in [6.45, 7) is 0. The van der Waals surface area contributed by atoms with Crippen LogP contribution in [0.25, 0.3) is 10.9 Å². The van der Waals surface area contributed by atoms with Gasteiger partial charge in [-0.1, -0.05) is 12.1 Å². The Morgan fingerprint density at radius 3 is 2.78 bits per heavy atom. The average molecular weight is 366 g/mol. The number of aromatic nitrogens is 4. The fourth-order valence-corrected chi connectivity index (χ4v) is 3.39. The number of para-hydroxylation sites is 1. The molecule has 0 aliphatic heterocycles. The molecule has 3 aromatic rings. The SMILES string of the molecule is Cn1nccc1NC(=O)c1cccc2cnc(N[C@H]3CC[C@H](O)CC3)nc12. The van der Waals surface area contributed by atoms with Crippen LogP contribution < -0.4 is 10.6 Å². The topological polar surface area (TPSA) is 105 Å². The lowest BCUT2D eigenvalue weighted by atomic mass is 9.93. The summed E-state index contributed by atoms with van der Waals surface area (Å²) >= 11 is 0. The molecule has 1 aliphatic rings. The van der Waals surface area contributed by atoms with E-state index in [1.165, 1.54) is 0 Å². The van der Waals surface area contributed by atoms with Crippen LogP contribution in [0.15, 0.2) is 36.7 Å². The molecule has 3 N–H and O–H groups in total. The smallest absolute Gasteiger partial charge is 0.259 e. The Morgan fingerprint density at radius 2 is 2.04 bits per heavy atom. The molecule has 0 atom stereocenters. The maximum atomic E-state index is 12.8. The summed E-state index contributed by atoms with van der Waals surface area (Å²) in [7, 11) is 1.77. The zero-order chi connectivity index (χ0) is 18.8. The summed E-state index contributed by atoms with van der Waals surface area (Å²) in [6.07, 6.45) is 6.47. The number of hydrogen-bond donors (Lipinski definition) is 3. The second-order valence-corrected chi connectivity index (χ2v) is 6.88. The Balaban J connectivity index is 1.59. The van der Waals surface area contributed by atoms with Gasteiger partial charge in [0.15, 0.2) is 0 Å². The van der Waals surface area contributed by atoms with Gasteiger partial charge in [-0.25, -0.2) is 9.97 Å². The molecule has 1 aromatic carbocycles. The van der Waals surface area contributed by atoms with E-state index in [0.29, 0.717) is 22.8 Å². The van der Waals surface area contributed by atoms with Crippen molar-refractivity contribution in [2.24, 2.45) is 7.05 Å². The van der Waals surface area contributed by atoms with Gasteiger partial charge in [0.2, 0.25) is 5.95 Å². The Hall–Kier alpha value is -3.00. The van der Waals surface area contributed by atoms with E-state index < -0.39 is 0 Å². The van der Waals surface area contributed by atoms with Gasteiger partial charge in [0, 0.05) is 30.7 Å². The molecule has 1 saturated carbocycles. The summed E-state index contributed by atoms with van der Waals surface area (Å²) in [4.78, 5) is 21.7. The Labute approximate surface area is 156 Å². The molecule has 0 unspecified atom stereocenters. The molecular formula is C19H22N6O2. The molecule has 0 bridgehead atoms. The average Bonchev–Trinajstić information content (AvgIpc) is 3.07. The minimum absolute atomic E-state index is 0.206. The van der Waals surface area contributed by atoms with Crippen molar-refractivity contribution in [1.82, 2.24) is 19.7 Å². The third-order valence-electron chi connectivity index (χ3n) is 4.95. The van der Waals surface area contributed by atoms with E-state index in [0.717, 1.165) is 31.1 Å². The first-order valence-corrected chi connectivity index (χ1v) is 9.10. The number of aliphatic hydroxyl groups is 1. The Kier molecular flexibility index (Phi) is 4.72. The molecule has 2 heterocycles. The molecule has 1 fully saturated rings. The molecule has 8 heteroatoms. The summed E-state index contributed by atoms with van der Waals surface area (Å²) in [5.41, 5.74) is 1.09. The second-order valence-electron chi connectivity index (χ2n) is 6.88. The number of nitrogens with zero attached hydrogens (tertiary/aromatic N) is 4. The molecule has 8 nitrogen and oxygen atoms in total. The van der Waals surface area contributed by atoms with E-state index >= 15 is 0 Å². The van der Waals surface area contributed by atoms with Crippen molar-refractivity contribution >= 4 is 28.6 Å². The fraction of sp³-hybridized carbons (Fsp3) is 0.368. The quantitative estimate of drug-likeness (QED) is 0.654. The van der Waals surface area contributed by atoms with Gasteiger partial charge in [-0.2, -0.15) is 5.10 Å². The number of carbonyl (C=O) groups is 1. The number of anilines is 2. The minimum Gasteiger partial charge on any atom is -0.393 e. The third-order valence-corrected chi connectivity index (χ3v) is 4.95. The van der Waals surface area contributed by atoms with Crippen LogP contribution in [0.2, 0.25) is 0 Å². The van der Waals surface area contributed by atoms with E-state index in [4.69, 9.17) is 0 Å². The van der Waals surface area contributed by atoms with E-state index in [1.807, 2.05) is 12.1 Å². The van der Waals surface area contributed by atoms with Crippen molar-refractivity contribution in [3.05, 3.63) is 42.2 Å². The molecule has 0 radical (unpaired) electrons. The molecule has 4 rings (SSSR count). The number of aryl methyl sites for hydroxylation is 1. The highest BCUT2D eigenvalue weighted by atomic mass is 16.3. The van der Waals surface area contributed by atoms with Gasteiger partial charge in [-0.05, 0) is 31.7 Å². The van der Waals surface area contributed by atoms with Crippen molar-refractivity contribution < 1.29 is 9.90 Å². The number of aliphatic hydroxyl groups excluding tert-OH is 1.